The Bertz CT molecular complexity index is 1410. The molecule has 0 fully saturated rings. The zero-order chi connectivity index (χ0) is 25.7. The second-order valence-corrected chi connectivity index (χ2v) is 11.0. The van der Waals surface area contributed by atoms with Gasteiger partial charge < -0.3 is 0 Å². The van der Waals surface area contributed by atoms with Crippen LogP contribution in [0.15, 0.2) is 96.0 Å². The number of carbonyl (C=O) groups is 1. The van der Waals surface area contributed by atoms with Crippen LogP contribution in [-0.4, -0.2) is 41.3 Å². The van der Waals surface area contributed by atoms with E-state index in [0.717, 1.165) is 16.8 Å². The molecule has 1 N–H and O–H groups in total. The van der Waals surface area contributed by atoms with Crippen LogP contribution in [-0.2, 0) is 14.8 Å². The number of aromatic nitrogens is 2. The van der Waals surface area contributed by atoms with Gasteiger partial charge in [-0.2, -0.15) is 4.31 Å². The van der Waals surface area contributed by atoms with Crippen molar-refractivity contribution in [2.45, 2.75) is 25.7 Å². The summed E-state index contributed by atoms with van der Waals surface area (Å²) in [7, 11) is -3.86. The van der Waals surface area contributed by atoms with Gasteiger partial charge in [-0.25, -0.2) is 13.4 Å². The topological polar surface area (TPSA) is 84.3 Å². The molecular formula is C28H30N4O3S. The molecule has 0 unspecified atom stereocenters. The average molecular weight is 503 g/mol. The summed E-state index contributed by atoms with van der Waals surface area (Å²) < 4.78 is 29.8. The van der Waals surface area contributed by atoms with Crippen molar-refractivity contribution in [2.24, 2.45) is 5.92 Å². The lowest BCUT2D eigenvalue weighted by molar-refractivity contribution is -0.116. The van der Waals surface area contributed by atoms with Crippen molar-refractivity contribution < 1.29 is 13.2 Å². The first-order valence-corrected chi connectivity index (χ1v) is 13.2. The fraction of sp³-hybridized carbons (Fsp3) is 0.214. The second-order valence-electron chi connectivity index (χ2n) is 9.07. The molecule has 0 aliphatic rings. The third-order valence-corrected chi connectivity index (χ3v) is 7.43. The molecule has 0 aliphatic heterocycles. The van der Waals surface area contributed by atoms with E-state index in [2.05, 4.69) is 10.3 Å². The first-order chi connectivity index (χ1) is 17.2. The zero-order valence-electron chi connectivity index (χ0n) is 20.6. The maximum absolute atomic E-state index is 13.4. The van der Waals surface area contributed by atoms with Gasteiger partial charge in [-0.3, -0.25) is 14.7 Å². The highest BCUT2D eigenvalue weighted by Crippen LogP contribution is 2.24. The summed E-state index contributed by atoms with van der Waals surface area (Å²) in [6.07, 6.45) is 1.86. The fourth-order valence-corrected chi connectivity index (χ4v) is 5.40. The van der Waals surface area contributed by atoms with Crippen LogP contribution in [0.5, 0.6) is 0 Å². The highest BCUT2D eigenvalue weighted by molar-refractivity contribution is 7.89. The summed E-state index contributed by atoms with van der Waals surface area (Å²) in [5.41, 5.74) is 3.39. The van der Waals surface area contributed by atoms with E-state index < -0.39 is 15.9 Å². The number of benzene rings is 3. The first-order valence-electron chi connectivity index (χ1n) is 11.8. The summed E-state index contributed by atoms with van der Waals surface area (Å²) in [6, 6.07) is 25.9. The normalized spacial score (nSPS) is 11.7. The largest absolute Gasteiger partial charge is 0.294 e. The van der Waals surface area contributed by atoms with E-state index in [1.165, 1.54) is 4.31 Å². The van der Waals surface area contributed by atoms with Gasteiger partial charge in [0.05, 0.1) is 17.1 Å². The Morgan fingerprint density at radius 3 is 2.17 bits per heavy atom. The van der Waals surface area contributed by atoms with Gasteiger partial charge >= 0.3 is 0 Å². The minimum absolute atomic E-state index is 0.0361. The number of aryl methyl sites for hydroxylation is 1. The number of imidazole rings is 1. The van der Waals surface area contributed by atoms with Crippen LogP contribution < -0.4 is 5.32 Å². The molecule has 0 aliphatic carbocycles. The Labute approximate surface area is 212 Å². The molecule has 36 heavy (non-hydrogen) atoms. The van der Waals surface area contributed by atoms with Crippen molar-refractivity contribution in [1.82, 2.24) is 13.9 Å². The molecule has 186 valence electrons. The van der Waals surface area contributed by atoms with Gasteiger partial charge in [-0.05, 0) is 37.1 Å². The molecule has 0 atom stereocenters. The molecule has 4 aromatic rings. The third-order valence-electron chi connectivity index (χ3n) is 5.61. The summed E-state index contributed by atoms with van der Waals surface area (Å²) in [6.45, 7) is 5.63. The number of amides is 1. The summed E-state index contributed by atoms with van der Waals surface area (Å²) >= 11 is 0. The number of hydrogen-bond acceptors (Lipinski definition) is 4. The number of hydrogen-bond donors (Lipinski definition) is 1. The van der Waals surface area contributed by atoms with E-state index in [0.29, 0.717) is 11.6 Å². The van der Waals surface area contributed by atoms with E-state index in [9.17, 15) is 13.2 Å². The monoisotopic (exact) mass is 502 g/mol. The summed E-state index contributed by atoms with van der Waals surface area (Å²) in [4.78, 5) is 18.0. The fourth-order valence-electron chi connectivity index (χ4n) is 3.84. The summed E-state index contributed by atoms with van der Waals surface area (Å²) in [5, 5.41) is 2.84. The van der Waals surface area contributed by atoms with Crippen molar-refractivity contribution >= 4 is 21.9 Å². The Kier molecular flexibility index (Phi) is 7.67. The van der Waals surface area contributed by atoms with E-state index in [1.54, 1.807) is 28.8 Å². The quantitative estimate of drug-likeness (QED) is 0.344. The Hall–Kier alpha value is -3.75. The number of anilines is 1. The maximum atomic E-state index is 13.4. The maximum Gasteiger partial charge on any atom is 0.243 e. The first kappa shape index (κ1) is 25.3. The Morgan fingerprint density at radius 1 is 0.944 bits per heavy atom. The van der Waals surface area contributed by atoms with Gasteiger partial charge in [0.25, 0.3) is 0 Å². The SMILES string of the molecule is Cc1ccc(S(=O)(=O)N(CC(=O)Nc2nc(-c3ccccc3)cn2-c2ccccc2)CC(C)C)cc1. The Morgan fingerprint density at radius 2 is 1.56 bits per heavy atom. The zero-order valence-corrected chi connectivity index (χ0v) is 21.4. The molecule has 0 saturated heterocycles. The van der Waals surface area contributed by atoms with Gasteiger partial charge in [-0.1, -0.05) is 80.1 Å². The molecule has 7 nitrogen and oxygen atoms in total. The van der Waals surface area contributed by atoms with Crippen LogP contribution in [0.3, 0.4) is 0 Å². The predicted molar refractivity (Wildman–Crippen MR) is 142 cm³/mol. The van der Waals surface area contributed by atoms with E-state index in [-0.39, 0.29) is 23.9 Å². The molecule has 8 heteroatoms. The minimum Gasteiger partial charge on any atom is -0.294 e. The minimum atomic E-state index is -3.86. The van der Waals surface area contributed by atoms with Gasteiger partial charge in [0.15, 0.2) is 0 Å². The lowest BCUT2D eigenvalue weighted by Crippen LogP contribution is -2.40. The molecule has 0 saturated carbocycles. The molecule has 3 aromatic carbocycles. The van der Waals surface area contributed by atoms with Crippen molar-refractivity contribution in [3.05, 3.63) is 96.7 Å². The van der Waals surface area contributed by atoms with Gasteiger partial charge in [0.2, 0.25) is 21.9 Å². The average Bonchev–Trinajstić information content (AvgIpc) is 3.28. The van der Waals surface area contributed by atoms with Crippen molar-refractivity contribution in [3.63, 3.8) is 0 Å². The number of nitrogens with zero attached hydrogens (tertiary/aromatic N) is 3. The van der Waals surface area contributed by atoms with Crippen molar-refractivity contribution in [2.75, 3.05) is 18.4 Å². The second kappa shape index (κ2) is 10.9. The van der Waals surface area contributed by atoms with Crippen LogP contribution in [0.2, 0.25) is 0 Å². The Balaban J connectivity index is 1.63. The molecule has 1 aromatic heterocycles. The van der Waals surface area contributed by atoms with Crippen LogP contribution in [0.1, 0.15) is 19.4 Å². The van der Waals surface area contributed by atoms with E-state index in [1.807, 2.05) is 87.6 Å². The van der Waals surface area contributed by atoms with Crippen LogP contribution in [0, 0.1) is 12.8 Å². The number of carbonyl (C=O) groups excluding carboxylic acids is 1. The molecule has 0 radical (unpaired) electrons. The van der Waals surface area contributed by atoms with Gasteiger partial charge in [0, 0.05) is 24.0 Å². The smallest absolute Gasteiger partial charge is 0.243 e. The van der Waals surface area contributed by atoms with E-state index in [4.69, 9.17) is 0 Å². The standard InChI is InChI=1S/C28H30N4O3S/c1-21(2)18-31(36(34,35)25-16-14-22(3)15-17-25)20-27(33)30-28-29-26(23-10-6-4-7-11-23)19-32(28)24-12-8-5-9-13-24/h4-17,19,21H,18,20H2,1-3H3,(H,29,30,33). The third kappa shape index (κ3) is 5.90. The summed E-state index contributed by atoms with van der Waals surface area (Å²) in [5.74, 6) is -0.106. The number of para-hydroxylation sites is 1. The lowest BCUT2D eigenvalue weighted by Gasteiger charge is -2.23. The lowest BCUT2D eigenvalue weighted by atomic mass is 10.2. The number of sulfonamides is 1. The van der Waals surface area contributed by atoms with Gasteiger partial charge in [0.1, 0.15) is 0 Å². The van der Waals surface area contributed by atoms with Crippen molar-refractivity contribution in [1.29, 1.82) is 0 Å². The van der Waals surface area contributed by atoms with Crippen LogP contribution in [0.4, 0.5) is 5.95 Å². The van der Waals surface area contributed by atoms with E-state index >= 15 is 0 Å². The molecule has 1 heterocycles. The van der Waals surface area contributed by atoms with Crippen LogP contribution in [0.25, 0.3) is 16.9 Å². The van der Waals surface area contributed by atoms with Crippen LogP contribution >= 0.6 is 0 Å². The highest BCUT2D eigenvalue weighted by atomic mass is 32.2. The van der Waals surface area contributed by atoms with Gasteiger partial charge in [-0.15, -0.1) is 0 Å². The predicted octanol–water partition coefficient (Wildman–Crippen LogP) is 5.13. The number of rotatable bonds is 9. The molecule has 4 rings (SSSR count). The molecular weight excluding hydrogens is 472 g/mol. The van der Waals surface area contributed by atoms with Crippen molar-refractivity contribution in [3.8, 4) is 16.9 Å². The number of nitrogens with one attached hydrogen (secondary N) is 1. The molecule has 0 spiro atoms. The molecule has 1 amide bonds. The highest BCUT2D eigenvalue weighted by Gasteiger charge is 2.28. The molecule has 0 bridgehead atoms.